The monoisotopic (exact) mass is 197 g/mol. The summed E-state index contributed by atoms with van der Waals surface area (Å²) in [5.74, 6) is 1.79. The molecule has 80 valence electrons. The Kier molecular flexibility index (Phi) is 2.52. The van der Waals surface area contributed by atoms with Gasteiger partial charge in [0.15, 0.2) is 0 Å². The van der Waals surface area contributed by atoms with Gasteiger partial charge in [0.25, 0.3) is 0 Å². The van der Waals surface area contributed by atoms with Crippen LogP contribution in [0.1, 0.15) is 27.2 Å². The molecule has 1 aliphatic carbocycles. The highest BCUT2D eigenvalue weighted by Crippen LogP contribution is 2.44. The lowest BCUT2D eigenvalue weighted by atomic mass is 9.84. The highest BCUT2D eigenvalue weighted by atomic mass is 16.5. The predicted octanol–water partition coefficient (Wildman–Crippen LogP) is 1.18. The lowest BCUT2D eigenvalue weighted by Crippen LogP contribution is -2.48. The molecule has 3 heteroatoms. The molecule has 14 heavy (non-hydrogen) atoms. The number of carbonyl (C=O) groups excluding carboxylic acids is 1. The van der Waals surface area contributed by atoms with Crippen LogP contribution in [-0.2, 0) is 9.53 Å². The van der Waals surface area contributed by atoms with Crippen molar-refractivity contribution in [1.82, 2.24) is 5.32 Å². The molecule has 2 bridgehead atoms. The van der Waals surface area contributed by atoms with E-state index in [1.807, 2.05) is 6.92 Å². The molecule has 2 aliphatic rings. The Balaban J connectivity index is 2.02. The van der Waals surface area contributed by atoms with Crippen LogP contribution in [-0.4, -0.2) is 24.7 Å². The van der Waals surface area contributed by atoms with Gasteiger partial charge in [-0.15, -0.1) is 0 Å². The molecule has 1 saturated carbocycles. The second kappa shape index (κ2) is 3.54. The van der Waals surface area contributed by atoms with Gasteiger partial charge in [0.2, 0.25) is 0 Å². The van der Waals surface area contributed by atoms with E-state index in [4.69, 9.17) is 4.74 Å². The molecular weight excluding hydrogens is 178 g/mol. The summed E-state index contributed by atoms with van der Waals surface area (Å²) in [4.78, 5) is 11.6. The van der Waals surface area contributed by atoms with Gasteiger partial charge in [-0.3, -0.25) is 4.79 Å². The lowest BCUT2D eigenvalue weighted by Gasteiger charge is -2.31. The first-order valence-corrected chi connectivity index (χ1v) is 5.57. The number of ether oxygens (including phenoxy) is 1. The molecule has 0 unspecified atom stereocenters. The van der Waals surface area contributed by atoms with Crippen molar-refractivity contribution in [1.29, 1.82) is 0 Å². The Labute approximate surface area is 85.2 Å². The molecule has 1 N–H and O–H groups in total. The number of piperidine rings is 1. The smallest absolute Gasteiger partial charge is 0.323 e. The number of fused-ring (bicyclic) bond motifs is 2. The maximum Gasteiger partial charge on any atom is 0.323 e. The third kappa shape index (κ3) is 1.34. The molecule has 2 fully saturated rings. The molecule has 0 aromatic carbocycles. The van der Waals surface area contributed by atoms with Gasteiger partial charge in [0.1, 0.15) is 6.04 Å². The topological polar surface area (TPSA) is 38.3 Å². The number of rotatable bonds is 2. The van der Waals surface area contributed by atoms with Crippen molar-refractivity contribution in [2.24, 2.45) is 17.8 Å². The number of nitrogens with one attached hydrogen (secondary N) is 1. The molecule has 1 heterocycles. The fraction of sp³-hybridized carbons (Fsp3) is 0.909. The van der Waals surface area contributed by atoms with Crippen molar-refractivity contribution in [2.45, 2.75) is 39.3 Å². The van der Waals surface area contributed by atoms with Crippen molar-refractivity contribution >= 4 is 5.97 Å². The van der Waals surface area contributed by atoms with Crippen LogP contribution in [0.4, 0.5) is 0 Å². The quantitative estimate of drug-likeness (QED) is 0.676. The van der Waals surface area contributed by atoms with E-state index in [-0.39, 0.29) is 12.0 Å². The minimum absolute atomic E-state index is 0.0360. The van der Waals surface area contributed by atoms with Crippen LogP contribution < -0.4 is 5.32 Å². The van der Waals surface area contributed by atoms with E-state index in [1.54, 1.807) is 0 Å². The fourth-order valence-electron chi connectivity index (χ4n) is 2.97. The maximum absolute atomic E-state index is 11.6. The lowest BCUT2D eigenvalue weighted by molar-refractivity contribution is -0.147. The van der Waals surface area contributed by atoms with Crippen molar-refractivity contribution < 1.29 is 9.53 Å². The number of carbonyl (C=O) groups is 1. The number of hydrogen-bond acceptors (Lipinski definition) is 3. The summed E-state index contributed by atoms with van der Waals surface area (Å²) >= 11 is 0. The first-order chi connectivity index (χ1) is 6.65. The molecule has 1 saturated heterocycles. The summed E-state index contributed by atoms with van der Waals surface area (Å²) < 4.78 is 5.06. The van der Waals surface area contributed by atoms with Gasteiger partial charge in [0.05, 0.1) is 6.61 Å². The molecule has 0 amide bonds. The molecular formula is C11H19NO2. The van der Waals surface area contributed by atoms with Crippen molar-refractivity contribution in [3.05, 3.63) is 0 Å². The average Bonchev–Trinajstić information content (AvgIpc) is 2.68. The molecule has 1 aliphatic heterocycles. The predicted molar refractivity (Wildman–Crippen MR) is 53.8 cm³/mol. The van der Waals surface area contributed by atoms with Gasteiger partial charge in [0, 0.05) is 6.04 Å². The third-order valence-corrected chi connectivity index (χ3v) is 4.03. The number of hydrogen-bond donors (Lipinski definition) is 1. The summed E-state index contributed by atoms with van der Waals surface area (Å²) in [7, 11) is 0. The summed E-state index contributed by atoms with van der Waals surface area (Å²) in [6.07, 6.45) is 1.14. The number of esters is 1. The van der Waals surface area contributed by atoms with Gasteiger partial charge < -0.3 is 10.1 Å². The zero-order valence-corrected chi connectivity index (χ0v) is 9.12. The Morgan fingerprint density at radius 1 is 1.43 bits per heavy atom. The first-order valence-electron chi connectivity index (χ1n) is 5.57. The molecule has 2 rings (SSSR count). The Morgan fingerprint density at radius 3 is 2.64 bits per heavy atom. The van der Waals surface area contributed by atoms with E-state index in [2.05, 4.69) is 19.2 Å². The SMILES string of the molecule is CCOC(=O)[C@H]1N[C@H]2C[C@H]1[C@@H](C)[C@@H]2C. The zero-order chi connectivity index (χ0) is 10.3. The van der Waals surface area contributed by atoms with Gasteiger partial charge >= 0.3 is 5.97 Å². The van der Waals surface area contributed by atoms with Crippen LogP contribution >= 0.6 is 0 Å². The molecule has 0 radical (unpaired) electrons. The summed E-state index contributed by atoms with van der Waals surface area (Å²) in [6, 6.07) is 0.496. The minimum Gasteiger partial charge on any atom is -0.465 e. The summed E-state index contributed by atoms with van der Waals surface area (Å²) in [6.45, 7) is 6.86. The van der Waals surface area contributed by atoms with Crippen LogP contribution in [0.3, 0.4) is 0 Å². The average molecular weight is 197 g/mol. The van der Waals surface area contributed by atoms with E-state index < -0.39 is 0 Å². The van der Waals surface area contributed by atoms with E-state index in [9.17, 15) is 4.79 Å². The van der Waals surface area contributed by atoms with Crippen molar-refractivity contribution in [2.75, 3.05) is 6.61 Å². The van der Waals surface area contributed by atoms with Gasteiger partial charge in [-0.1, -0.05) is 13.8 Å². The van der Waals surface area contributed by atoms with Crippen LogP contribution in [0, 0.1) is 17.8 Å². The molecule has 0 spiro atoms. The highest BCUT2D eigenvalue weighted by molar-refractivity contribution is 5.77. The Bertz CT molecular complexity index is 239. The van der Waals surface area contributed by atoms with Gasteiger partial charge in [-0.05, 0) is 31.1 Å². The van der Waals surface area contributed by atoms with Crippen LogP contribution in [0.15, 0.2) is 0 Å². The van der Waals surface area contributed by atoms with Crippen LogP contribution in [0.5, 0.6) is 0 Å². The second-order valence-corrected chi connectivity index (χ2v) is 4.62. The minimum atomic E-state index is -0.0567. The molecule has 0 aromatic heterocycles. The Hall–Kier alpha value is -0.570. The Morgan fingerprint density at radius 2 is 2.14 bits per heavy atom. The first kappa shape index (κ1) is 9.97. The van der Waals surface area contributed by atoms with E-state index in [1.165, 1.54) is 0 Å². The van der Waals surface area contributed by atoms with Crippen molar-refractivity contribution in [3.63, 3.8) is 0 Å². The molecule has 0 aromatic rings. The van der Waals surface area contributed by atoms with E-state index in [0.29, 0.717) is 30.4 Å². The fourth-order valence-corrected chi connectivity index (χ4v) is 2.97. The van der Waals surface area contributed by atoms with E-state index in [0.717, 1.165) is 6.42 Å². The van der Waals surface area contributed by atoms with Crippen molar-refractivity contribution in [3.8, 4) is 0 Å². The summed E-state index contributed by atoms with van der Waals surface area (Å²) in [5, 5.41) is 3.38. The van der Waals surface area contributed by atoms with E-state index >= 15 is 0 Å². The summed E-state index contributed by atoms with van der Waals surface area (Å²) in [5.41, 5.74) is 0. The second-order valence-electron chi connectivity index (χ2n) is 4.62. The standard InChI is InChI=1S/C11H19NO2/c1-4-14-11(13)10-8-5-9(12-10)7(3)6(8)2/h6-10,12H,4-5H2,1-3H3/t6-,7-,8-,9-,10-/m0/s1. The molecule has 3 nitrogen and oxygen atoms in total. The van der Waals surface area contributed by atoms with Gasteiger partial charge in [-0.25, -0.2) is 0 Å². The van der Waals surface area contributed by atoms with Crippen LogP contribution in [0.25, 0.3) is 0 Å². The molecule has 5 atom stereocenters. The third-order valence-electron chi connectivity index (χ3n) is 4.03. The van der Waals surface area contributed by atoms with Gasteiger partial charge in [-0.2, -0.15) is 0 Å². The zero-order valence-electron chi connectivity index (χ0n) is 9.12. The normalized spacial score (nSPS) is 45.5. The maximum atomic E-state index is 11.6. The van der Waals surface area contributed by atoms with Crippen LogP contribution in [0.2, 0.25) is 0 Å². The highest BCUT2D eigenvalue weighted by Gasteiger charge is 2.51. The largest absolute Gasteiger partial charge is 0.465 e.